The van der Waals surface area contributed by atoms with Crippen LogP contribution in [0.3, 0.4) is 0 Å². The van der Waals surface area contributed by atoms with Crippen LogP contribution in [0.15, 0.2) is 42.5 Å². The van der Waals surface area contributed by atoms with Crippen molar-refractivity contribution in [1.82, 2.24) is 0 Å². The van der Waals surface area contributed by atoms with E-state index in [1.54, 1.807) is 18.2 Å². The van der Waals surface area contributed by atoms with Crippen molar-refractivity contribution in [2.45, 2.75) is 13.3 Å². The number of rotatable bonds is 9. The Balaban J connectivity index is 2.17. The highest BCUT2D eigenvalue weighted by atomic mass is 16.5. The van der Waals surface area contributed by atoms with Crippen LogP contribution < -0.4 is 18.9 Å². The van der Waals surface area contributed by atoms with Crippen molar-refractivity contribution in [3.8, 4) is 23.0 Å². The molecule has 5 heteroatoms. The van der Waals surface area contributed by atoms with E-state index >= 15 is 0 Å². The van der Waals surface area contributed by atoms with Gasteiger partial charge in [0.05, 0.1) is 27.9 Å². The number of methoxy groups -OCH3 is 3. The summed E-state index contributed by atoms with van der Waals surface area (Å²) in [6, 6.07) is 10.9. The first kappa shape index (κ1) is 19.4. The first-order valence-corrected chi connectivity index (χ1v) is 8.38. The fourth-order valence-corrected chi connectivity index (χ4v) is 2.39. The summed E-state index contributed by atoms with van der Waals surface area (Å²) in [5.41, 5.74) is 1.37. The number of ketones is 1. The lowest BCUT2D eigenvalue weighted by molar-refractivity contribution is 0.104. The molecule has 0 aliphatic heterocycles. The molecule has 0 heterocycles. The number of hydrogen-bond donors (Lipinski definition) is 0. The number of hydrogen-bond acceptors (Lipinski definition) is 5. The van der Waals surface area contributed by atoms with Crippen molar-refractivity contribution in [1.29, 1.82) is 0 Å². The van der Waals surface area contributed by atoms with Crippen LogP contribution in [0.4, 0.5) is 0 Å². The Morgan fingerprint density at radius 2 is 1.58 bits per heavy atom. The Morgan fingerprint density at radius 3 is 2.08 bits per heavy atom. The van der Waals surface area contributed by atoms with Crippen molar-refractivity contribution < 1.29 is 23.7 Å². The van der Waals surface area contributed by atoms with Gasteiger partial charge in [0.15, 0.2) is 17.3 Å². The van der Waals surface area contributed by atoms with Crippen LogP contribution in [0.2, 0.25) is 0 Å². The largest absolute Gasteiger partial charge is 0.494 e. The third kappa shape index (κ3) is 4.79. The van der Waals surface area contributed by atoms with Gasteiger partial charge in [-0.3, -0.25) is 4.79 Å². The molecule has 2 aromatic carbocycles. The van der Waals surface area contributed by atoms with Crippen molar-refractivity contribution in [2.24, 2.45) is 0 Å². The molecule has 0 spiro atoms. The Morgan fingerprint density at radius 1 is 0.962 bits per heavy atom. The monoisotopic (exact) mass is 356 g/mol. The summed E-state index contributed by atoms with van der Waals surface area (Å²) < 4.78 is 21.4. The van der Waals surface area contributed by atoms with Crippen LogP contribution >= 0.6 is 0 Å². The van der Waals surface area contributed by atoms with E-state index in [1.165, 1.54) is 27.4 Å². The number of benzene rings is 2. The first-order valence-electron chi connectivity index (χ1n) is 8.38. The molecule has 0 radical (unpaired) electrons. The minimum absolute atomic E-state index is 0.157. The summed E-state index contributed by atoms with van der Waals surface area (Å²) in [7, 11) is 4.56. The second-order valence-electron chi connectivity index (χ2n) is 5.53. The van der Waals surface area contributed by atoms with Crippen molar-refractivity contribution >= 4 is 11.9 Å². The SMILES string of the molecule is CCCOc1ccc(C=CC(=O)c2cc(OC)c(OC)c(OC)c2)cc1. The third-order valence-corrected chi connectivity index (χ3v) is 3.73. The predicted octanol–water partition coefficient (Wildman–Crippen LogP) is 4.40. The lowest BCUT2D eigenvalue weighted by Crippen LogP contribution is -2.00. The number of carbonyl (C=O) groups excluding carboxylic acids is 1. The molecule has 0 fully saturated rings. The van der Waals surface area contributed by atoms with E-state index in [4.69, 9.17) is 18.9 Å². The van der Waals surface area contributed by atoms with E-state index in [1.807, 2.05) is 24.3 Å². The van der Waals surface area contributed by atoms with Gasteiger partial charge in [-0.05, 0) is 42.3 Å². The zero-order valence-corrected chi connectivity index (χ0v) is 15.6. The molecule has 0 saturated carbocycles. The molecule has 0 bridgehead atoms. The van der Waals surface area contributed by atoms with E-state index in [0.717, 1.165) is 17.7 Å². The van der Waals surface area contributed by atoms with Gasteiger partial charge in [0.1, 0.15) is 5.75 Å². The lowest BCUT2D eigenvalue weighted by Gasteiger charge is -2.13. The standard InChI is InChI=1S/C21H24O5/c1-5-12-26-17-9-6-15(7-10-17)8-11-18(22)16-13-19(23-2)21(25-4)20(14-16)24-3/h6-11,13-14H,5,12H2,1-4H3. The van der Waals surface area contributed by atoms with Gasteiger partial charge in [0, 0.05) is 5.56 Å². The Labute approximate surface area is 154 Å². The van der Waals surface area contributed by atoms with E-state index in [9.17, 15) is 4.79 Å². The molecular weight excluding hydrogens is 332 g/mol. The van der Waals surface area contributed by atoms with Crippen LogP contribution in [0, 0.1) is 0 Å². The molecule has 2 rings (SSSR count). The molecule has 0 amide bonds. The first-order chi connectivity index (χ1) is 12.6. The quantitative estimate of drug-likeness (QED) is 0.492. The topological polar surface area (TPSA) is 54.0 Å². The van der Waals surface area contributed by atoms with Crippen LogP contribution in [0.25, 0.3) is 6.08 Å². The molecule has 0 aliphatic rings. The minimum Gasteiger partial charge on any atom is -0.494 e. The fourth-order valence-electron chi connectivity index (χ4n) is 2.39. The van der Waals surface area contributed by atoms with Gasteiger partial charge in [-0.25, -0.2) is 0 Å². The summed E-state index contributed by atoms with van der Waals surface area (Å²) in [6.45, 7) is 2.75. The molecule has 138 valence electrons. The van der Waals surface area contributed by atoms with Crippen LogP contribution in [-0.2, 0) is 0 Å². The average Bonchev–Trinajstić information content (AvgIpc) is 2.69. The summed E-state index contributed by atoms with van der Waals surface area (Å²) in [5.74, 6) is 2.01. The molecule has 2 aromatic rings. The molecule has 0 atom stereocenters. The second-order valence-corrected chi connectivity index (χ2v) is 5.53. The molecule has 5 nitrogen and oxygen atoms in total. The minimum atomic E-state index is -0.157. The molecule has 0 saturated heterocycles. The van der Waals surface area contributed by atoms with Gasteiger partial charge < -0.3 is 18.9 Å². The number of ether oxygens (including phenoxy) is 4. The van der Waals surface area contributed by atoms with Gasteiger partial charge >= 0.3 is 0 Å². The van der Waals surface area contributed by atoms with Crippen molar-refractivity contribution in [2.75, 3.05) is 27.9 Å². The zero-order valence-electron chi connectivity index (χ0n) is 15.6. The average molecular weight is 356 g/mol. The van der Waals surface area contributed by atoms with E-state index in [2.05, 4.69) is 6.92 Å². The molecule has 0 unspecified atom stereocenters. The third-order valence-electron chi connectivity index (χ3n) is 3.73. The predicted molar refractivity (Wildman–Crippen MR) is 102 cm³/mol. The molecule has 0 aliphatic carbocycles. The van der Waals surface area contributed by atoms with Gasteiger partial charge in [0.25, 0.3) is 0 Å². The summed E-state index contributed by atoms with van der Waals surface area (Å²) >= 11 is 0. The van der Waals surface area contributed by atoms with E-state index in [0.29, 0.717) is 29.4 Å². The van der Waals surface area contributed by atoms with Gasteiger partial charge in [0.2, 0.25) is 5.75 Å². The smallest absolute Gasteiger partial charge is 0.203 e. The highest BCUT2D eigenvalue weighted by Gasteiger charge is 2.15. The second kappa shape index (κ2) is 9.51. The van der Waals surface area contributed by atoms with E-state index in [-0.39, 0.29) is 5.78 Å². The number of allylic oxidation sites excluding steroid dienone is 1. The van der Waals surface area contributed by atoms with Crippen LogP contribution in [-0.4, -0.2) is 33.7 Å². The van der Waals surface area contributed by atoms with Gasteiger partial charge in [-0.15, -0.1) is 0 Å². The summed E-state index contributed by atoms with van der Waals surface area (Å²) in [5, 5.41) is 0. The molecule has 26 heavy (non-hydrogen) atoms. The number of carbonyl (C=O) groups is 1. The lowest BCUT2D eigenvalue weighted by atomic mass is 10.1. The van der Waals surface area contributed by atoms with Crippen LogP contribution in [0.1, 0.15) is 29.3 Å². The molecular formula is C21H24O5. The highest BCUT2D eigenvalue weighted by molar-refractivity contribution is 6.07. The maximum absolute atomic E-state index is 12.5. The van der Waals surface area contributed by atoms with Gasteiger partial charge in [-0.2, -0.15) is 0 Å². The van der Waals surface area contributed by atoms with Crippen molar-refractivity contribution in [3.05, 3.63) is 53.6 Å². The Hall–Kier alpha value is -2.95. The van der Waals surface area contributed by atoms with Crippen LogP contribution in [0.5, 0.6) is 23.0 Å². The normalized spacial score (nSPS) is 10.6. The van der Waals surface area contributed by atoms with E-state index < -0.39 is 0 Å². The maximum atomic E-state index is 12.5. The maximum Gasteiger partial charge on any atom is 0.203 e. The van der Waals surface area contributed by atoms with Crippen molar-refractivity contribution in [3.63, 3.8) is 0 Å². The molecule has 0 N–H and O–H groups in total. The summed E-state index contributed by atoms with van der Waals surface area (Å²) in [6.07, 6.45) is 4.24. The fraction of sp³-hybridized carbons (Fsp3) is 0.286. The zero-order chi connectivity index (χ0) is 18.9. The Bertz CT molecular complexity index is 737. The molecule has 0 aromatic heterocycles. The van der Waals surface area contributed by atoms with Gasteiger partial charge in [-0.1, -0.05) is 25.1 Å². The highest BCUT2D eigenvalue weighted by Crippen LogP contribution is 2.38. The Kier molecular flexibility index (Phi) is 7.09. The summed E-state index contributed by atoms with van der Waals surface area (Å²) in [4.78, 5) is 12.5.